The molecule has 84 valence electrons. The predicted octanol–water partition coefficient (Wildman–Crippen LogP) is 1.09. The van der Waals surface area contributed by atoms with Gasteiger partial charge in [-0.2, -0.15) is 5.10 Å². The van der Waals surface area contributed by atoms with Crippen molar-refractivity contribution in [2.24, 2.45) is 0 Å². The molecule has 0 unspecified atom stereocenters. The van der Waals surface area contributed by atoms with Gasteiger partial charge in [-0.05, 0) is 26.3 Å². The average molecular weight is 217 g/mol. The molecule has 0 atom stereocenters. The largest absolute Gasteiger partial charge is 0.313 e. The van der Waals surface area contributed by atoms with Crippen molar-refractivity contribution in [3.8, 4) is 0 Å². The zero-order chi connectivity index (χ0) is 11.1. The first-order chi connectivity index (χ1) is 7.74. The summed E-state index contributed by atoms with van der Waals surface area (Å²) in [6.45, 7) is 5.86. The third-order valence-electron chi connectivity index (χ3n) is 3.08. The summed E-state index contributed by atoms with van der Waals surface area (Å²) in [7, 11) is 0. The van der Waals surface area contributed by atoms with Gasteiger partial charge < -0.3 is 4.57 Å². The summed E-state index contributed by atoms with van der Waals surface area (Å²) in [5, 5.41) is 12.9. The lowest BCUT2D eigenvalue weighted by atomic mass is 10.4. The first-order valence-electron chi connectivity index (χ1n) is 5.66. The van der Waals surface area contributed by atoms with Gasteiger partial charge in [0.2, 0.25) is 0 Å². The monoisotopic (exact) mass is 217 g/mol. The molecule has 0 bridgehead atoms. The summed E-state index contributed by atoms with van der Waals surface area (Å²) in [5.74, 6) is 2.15. The molecule has 1 aliphatic heterocycles. The maximum Gasteiger partial charge on any atom is 0.154 e. The molecule has 5 heteroatoms. The van der Waals surface area contributed by atoms with Crippen LogP contribution in [0.25, 0.3) is 0 Å². The van der Waals surface area contributed by atoms with Crippen LogP contribution in [0.5, 0.6) is 0 Å². The zero-order valence-corrected chi connectivity index (χ0v) is 9.64. The summed E-state index contributed by atoms with van der Waals surface area (Å²) in [5.41, 5.74) is 2.23. The number of hydrogen-bond donors (Lipinski definition) is 0. The van der Waals surface area contributed by atoms with E-state index in [1.807, 2.05) is 11.6 Å². The van der Waals surface area contributed by atoms with Crippen LogP contribution in [0.15, 0.2) is 6.07 Å². The first-order valence-corrected chi connectivity index (χ1v) is 5.66. The molecule has 0 aliphatic carbocycles. The smallest absolute Gasteiger partial charge is 0.154 e. The van der Waals surface area contributed by atoms with Gasteiger partial charge in [0.1, 0.15) is 12.4 Å². The number of hydrogen-bond acceptors (Lipinski definition) is 3. The van der Waals surface area contributed by atoms with Gasteiger partial charge in [0.25, 0.3) is 0 Å². The zero-order valence-electron chi connectivity index (χ0n) is 9.64. The second-order valence-electron chi connectivity index (χ2n) is 4.37. The van der Waals surface area contributed by atoms with E-state index in [4.69, 9.17) is 0 Å². The van der Waals surface area contributed by atoms with E-state index in [-0.39, 0.29) is 0 Å². The molecule has 0 fully saturated rings. The lowest BCUT2D eigenvalue weighted by molar-refractivity contribution is 0.590. The number of aryl methyl sites for hydroxylation is 3. The van der Waals surface area contributed by atoms with Gasteiger partial charge >= 0.3 is 0 Å². The topological polar surface area (TPSA) is 48.5 Å². The number of fused-ring (bicyclic) bond motifs is 1. The molecule has 5 nitrogen and oxygen atoms in total. The predicted molar refractivity (Wildman–Crippen MR) is 59.1 cm³/mol. The Morgan fingerprint density at radius 3 is 2.94 bits per heavy atom. The van der Waals surface area contributed by atoms with Crippen molar-refractivity contribution in [3.05, 3.63) is 29.1 Å². The molecule has 3 rings (SSSR count). The maximum atomic E-state index is 4.45. The molecule has 0 aromatic carbocycles. The molecule has 2 aromatic heterocycles. The van der Waals surface area contributed by atoms with Crippen LogP contribution in [0.2, 0.25) is 0 Å². The lowest BCUT2D eigenvalue weighted by Crippen LogP contribution is -2.10. The second-order valence-corrected chi connectivity index (χ2v) is 4.37. The van der Waals surface area contributed by atoms with E-state index < -0.39 is 0 Å². The second kappa shape index (κ2) is 3.43. The molecule has 0 amide bonds. The maximum absolute atomic E-state index is 4.45. The molecular formula is C11H15N5. The van der Waals surface area contributed by atoms with Gasteiger partial charge in [0.15, 0.2) is 5.82 Å². The van der Waals surface area contributed by atoms with E-state index in [1.165, 1.54) is 12.1 Å². The van der Waals surface area contributed by atoms with Crippen LogP contribution in [-0.2, 0) is 19.5 Å². The molecule has 0 N–H and O–H groups in total. The van der Waals surface area contributed by atoms with Crippen molar-refractivity contribution in [2.45, 2.75) is 39.8 Å². The molecule has 0 saturated heterocycles. The molecule has 0 spiro atoms. The minimum Gasteiger partial charge on any atom is -0.313 e. The van der Waals surface area contributed by atoms with Crippen molar-refractivity contribution in [1.82, 2.24) is 24.5 Å². The summed E-state index contributed by atoms with van der Waals surface area (Å²) in [4.78, 5) is 0. The standard InChI is InChI=1S/C11H15N5/c1-8-6-9(2)16(14-8)7-11-13-12-10-4-3-5-15(10)11/h6H,3-5,7H2,1-2H3. The van der Waals surface area contributed by atoms with Crippen molar-refractivity contribution in [1.29, 1.82) is 0 Å². The van der Waals surface area contributed by atoms with E-state index in [9.17, 15) is 0 Å². The summed E-state index contributed by atoms with van der Waals surface area (Å²) in [6, 6.07) is 2.08. The van der Waals surface area contributed by atoms with Crippen LogP contribution < -0.4 is 0 Å². The Balaban J connectivity index is 1.92. The molecular weight excluding hydrogens is 202 g/mol. The van der Waals surface area contributed by atoms with Crippen LogP contribution in [0, 0.1) is 13.8 Å². The minimum absolute atomic E-state index is 0.729. The van der Waals surface area contributed by atoms with Crippen LogP contribution >= 0.6 is 0 Å². The number of nitrogens with zero attached hydrogens (tertiary/aromatic N) is 5. The quantitative estimate of drug-likeness (QED) is 0.756. The Labute approximate surface area is 94.1 Å². The highest BCUT2D eigenvalue weighted by Gasteiger charge is 2.17. The Kier molecular flexibility index (Phi) is 2.05. The summed E-state index contributed by atoms with van der Waals surface area (Å²) in [6.07, 6.45) is 2.25. The van der Waals surface area contributed by atoms with E-state index in [2.05, 4.69) is 32.9 Å². The van der Waals surface area contributed by atoms with Gasteiger partial charge in [-0.25, -0.2) is 0 Å². The van der Waals surface area contributed by atoms with Gasteiger partial charge in [-0.1, -0.05) is 0 Å². The molecule has 0 radical (unpaired) electrons. The van der Waals surface area contributed by atoms with Crippen molar-refractivity contribution < 1.29 is 0 Å². The van der Waals surface area contributed by atoms with Crippen molar-refractivity contribution >= 4 is 0 Å². The minimum atomic E-state index is 0.729. The molecule has 0 saturated carbocycles. The number of aromatic nitrogens is 5. The van der Waals surface area contributed by atoms with E-state index >= 15 is 0 Å². The molecule has 1 aliphatic rings. The first kappa shape index (κ1) is 9.57. The van der Waals surface area contributed by atoms with Crippen LogP contribution in [0.3, 0.4) is 0 Å². The van der Waals surface area contributed by atoms with E-state index in [1.54, 1.807) is 0 Å². The van der Waals surface area contributed by atoms with Crippen LogP contribution in [0.4, 0.5) is 0 Å². The van der Waals surface area contributed by atoms with Gasteiger partial charge in [0, 0.05) is 18.7 Å². The van der Waals surface area contributed by atoms with Gasteiger partial charge in [0.05, 0.1) is 5.69 Å². The van der Waals surface area contributed by atoms with Gasteiger partial charge in [-0.15, -0.1) is 10.2 Å². The SMILES string of the molecule is Cc1cc(C)n(Cc2nnc3n2CCC3)n1. The summed E-state index contributed by atoms with van der Waals surface area (Å²) >= 11 is 0. The van der Waals surface area contributed by atoms with Crippen LogP contribution in [-0.4, -0.2) is 24.5 Å². The highest BCUT2D eigenvalue weighted by Crippen LogP contribution is 2.15. The van der Waals surface area contributed by atoms with Crippen molar-refractivity contribution in [2.75, 3.05) is 0 Å². The van der Waals surface area contributed by atoms with E-state index in [0.29, 0.717) is 0 Å². The van der Waals surface area contributed by atoms with Gasteiger partial charge in [-0.3, -0.25) is 4.68 Å². The molecule has 16 heavy (non-hydrogen) atoms. The Morgan fingerprint density at radius 2 is 2.19 bits per heavy atom. The number of rotatable bonds is 2. The third-order valence-corrected chi connectivity index (χ3v) is 3.08. The normalized spacial score (nSPS) is 14.4. The molecule has 3 heterocycles. The fourth-order valence-corrected chi connectivity index (χ4v) is 2.30. The van der Waals surface area contributed by atoms with E-state index in [0.717, 1.165) is 36.9 Å². The van der Waals surface area contributed by atoms with Crippen molar-refractivity contribution in [3.63, 3.8) is 0 Å². The average Bonchev–Trinajstić information content (AvgIpc) is 2.86. The highest BCUT2D eigenvalue weighted by atomic mass is 15.3. The summed E-state index contributed by atoms with van der Waals surface area (Å²) < 4.78 is 4.21. The fourth-order valence-electron chi connectivity index (χ4n) is 2.30. The Morgan fingerprint density at radius 1 is 1.31 bits per heavy atom. The lowest BCUT2D eigenvalue weighted by Gasteiger charge is -2.04. The molecule has 2 aromatic rings. The highest BCUT2D eigenvalue weighted by molar-refractivity contribution is 5.09. The third kappa shape index (κ3) is 1.43. The van der Waals surface area contributed by atoms with Crippen LogP contribution in [0.1, 0.15) is 29.5 Å². The Bertz CT molecular complexity index is 522. The fraction of sp³-hybridized carbons (Fsp3) is 0.545. The Hall–Kier alpha value is -1.65.